The van der Waals surface area contributed by atoms with Gasteiger partial charge in [0.2, 0.25) is 0 Å². The quantitative estimate of drug-likeness (QED) is 0.435. The van der Waals surface area contributed by atoms with Crippen molar-refractivity contribution in [2.24, 2.45) is 0 Å². The third-order valence-electron chi connectivity index (χ3n) is 3.53. The molecule has 0 radical (unpaired) electrons. The average Bonchev–Trinajstić information content (AvgIpc) is 2.53. The van der Waals surface area contributed by atoms with E-state index in [1.165, 1.54) is 6.07 Å². The van der Waals surface area contributed by atoms with E-state index in [9.17, 15) is 37.2 Å². The smallest absolute Gasteiger partial charge is 0.374 e. The molecule has 2 rings (SSSR count). The SMILES string of the molecule is O=[N+]([O-])c1cccc(C(O)(c2cccc(Br)c2)C(F)(F)C(F)(F)F)c1. The molecule has 0 aliphatic heterocycles. The first kappa shape index (κ1) is 19.3. The van der Waals surface area contributed by atoms with Crippen LogP contribution in [0.5, 0.6) is 0 Å². The number of nitro benzene ring substituents is 1. The molecule has 4 nitrogen and oxygen atoms in total. The first-order valence-corrected chi connectivity index (χ1v) is 7.38. The molecular formula is C15H9BrF5NO3. The number of hydrogen-bond donors (Lipinski definition) is 1. The number of aliphatic hydroxyl groups is 1. The lowest BCUT2D eigenvalue weighted by molar-refractivity contribution is -0.385. The first-order chi connectivity index (χ1) is 11.4. The molecule has 0 aliphatic rings. The average molecular weight is 426 g/mol. The Hall–Kier alpha value is -2.07. The van der Waals surface area contributed by atoms with Gasteiger partial charge in [0.05, 0.1) is 4.92 Å². The summed E-state index contributed by atoms with van der Waals surface area (Å²) in [5, 5.41) is 21.4. The summed E-state index contributed by atoms with van der Waals surface area (Å²) >= 11 is 2.94. The van der Waals surface area contributed by atoms with Crippen LogP contribution >= 0.6 is 15.9 Å². The van der Waals surface area contributed by atoms with E-state index in [-0.39, 0.29) is 4.47 Å². The van der Waals surface area contributed by atoms with E-state index in [1.54, 1.807) is 0 Å². The predicted octanol–water partition coefficient (Wildman–Crippen LogP) is 4.79. The molecule has 0 spiro atoms. The Morgan fingerprint density at radius 3 is 1.96 bits per heavy atom. The predicted molar refractivity (Wildman–Crippen MR) is 81.2 cm³/mol. The monoisotopic (exact) mass is 425 g/mol. The number of halogens is 6. The summed E-state index contributed by atoms with van der Waals surface area (Å²) in [6, 6.07) is 7.38. The zero-order valence-electron chi connectivity index (χ0n) is 12.1. The number of nitro groups is 1. The Morgan fingerprint density at radius 2 is 1.48 bits per heavy atom. The number of rotatable bonds is 4. The fourth-order valence-corrected chi connectivity index (χ4v) is 2.69. The van der Waals surface area contributed by atoms with E-state index in [0.29, 0.717) is 6.07 Å². The lowest BCUT2D eigenvalue weighted by Crippen LogP contribution is -2.55. The molecule has 0 amide bonds. The summed E-state index contributed by atoms with van der Waals surface area (Å²) in [6.45, 7) is 0. The van der Waals surface area contributed by atoms with E-state index >= 15 is 0 Å². The highest BCUT2D eigenvalue weighted by atomic mass is 79.9. The molecule has 134 valence electrons. The molecule has 0 aromatic heterocycles. The van der Waals surface area contributed by atoms with Gasteiger partial charge >= 0.3 is 12.1 Å². The number of hydrogen-bond acceptors (Lipinski definition) is 3. The van der Waals surface area contributed by atoms with Crippen molar-refractivity contribution in [3.63, 3.8) is 0 Å². The largest absolute Gasteiger partial charge is 0.457 e. The van der Waals surface area contributed by atoms with Crippen LogP contribution in [-0.2, 0) is 5.60 Å². The second-order valence-electron chi connectivity index (χ2n) is 5.10. The van der Waals surface area contributed by atoms with Crippen LogP contribution in [0.25, 0.3) is 0 Å². The van der Waals surface area contributed by atoms with Crippen molar-refractivity contribution in [3.05, 3.63) is 74.2 Å². The van der Waals surface area contributed by atoms with Crippen molar-refractivity contribution in [2.45, 2.75) is 17.7 Å². The molecule has 1 N–H and O–H groups in total. The summed E-state index contributed by atoms with van der Waals surface area (Å²) in [5.74, 6) is -5.62. The molecule has 2 aromatic rings. The van der Waals surface area contributed by atoms with Crippen LogP contribution in [0.2, 0.25) is 0 Å². The summed E-state index contributed by atoms with van der Waals surface area (Å²) < 4.78 is 67.7. The van der Waals surface area contributed by atoms with Gasteiger partial charge in [-0.15, -0.1) is 0 Å². The number of alkyl halides is 5. The van der Waals surface area contributed by atoms with Crippen LogP contribution in [0.1, 0.15) is 11.1 Å². The minimum atomic E-state index is -6.10. The molecular weight excluding hydrogens is 417 g/mol. The van der Waals surface area contributed by atoms with Crippen LogP contribution < -0.4 is 0 Å². The molecule has 0 bridgehead atoms. The van der Waals surface area contributed by atoms with Crippen molar-refractivity contribution < 1.29 is 32.0 Å². The zero-order valence-corrected chi connectivity index (χ0v) is 13.7. The molecule has 1 atom stereocenters. The van der Waals surface area contributed by atoms with E-state index in [2.05, 4.69) is 15.9 Å². The van der Waals surface area contributed by atoms with Crippen molar-refractivity contribution >= 4 is 21.6 Å². The van der Waals surface area contributed by atoms with Gasteiger partial charge in [-0.25, -0.2) is 0 Å². The summed E-state index contributed by atoms with van der Waals surface area (Å²) in [4.78, 5) is 9.86. The maximum Gasteiger partial charge on any atom is 0.457 e. The van der Waals surface area contributed by atoms with Gasteiger partial charge in [-0.2, -0.15) is 22.0 Å². The summed E-state index contributed by atoms with van der Waals surface area (Å²) in [7, 11) is 0. The Balaban J connectivity index is 2.82. The third kappa shape index (κ3) is 3.23. The standard InChI is InChI=1S/C15H9BrF5NO3/c16-11-5-1-3-9(7-11)13(23,14(17,18)15(19,20)21)10-4-2-6-12(8-10)22(24)25/h1-8,23H. The number of nitrogens with zero attached hydrogens (tertiary/aromatic N) is 1. The Morgan fingerprint density at radius 1 is 0.960 bits per heavy atom. The van der Waals surface area contributed by atoms with Gasteiger partial charge < -0.3 is 5.11 Å². The van der Waals surface area contributed by atoms with Gasteiger partial charge in [0.15, 0.2) is 5.60 Å². The van der Waals surface area contributed by atoms with E-state index in [4.69, 9.17) is 0 Å². The molecule has 0 aliphatic carbocycles. The van der Waals surface area contributed by atoms with Crippen LogP contribution in [0, 0.1) is 10.1 Å². The van der Waals surface area contributed by atoms with Crippen LogP contribution in [-0.4, -0.2) is 22.1 Å². The molecule has 0 saturated carbocycles. The number of benzene rings is 2. The second-order valence-corrected chi connectivity index (χ2v) is 6.02. The maximum atomic E-state index is 14.3. The molecule has 0 heterocycles. The van der Waals surface area contributed by atoms with Crippen molar-refractivity contribution in [1.82, 2.24) is 0 Å². The van der Waals surface area contributed by atoms with Gasteiger partial charge in [-0.1, -0.05) is 40.2 Å². The fourth-order valence-electron chi connectivity index (χ4n) is 2.29. The van der Waals surface area contributed by atoms with Crippen molar-refractivity contribution in [3.8, 4) is 0 Å². The van der Waals surface area contributed by atoms with E-state index < -0.39 is 39.4 Å². The Labute approximate surface area is 146 Å². The Kier molecular flexibility index (Phi) is 4.88. The van der Waals surface area contributed by atoms with E-state index in [0.717, 1.165) is 36.4 Å². The highest BCUT2D eigenvalue weighted by Crippen LogP contribution is 2.52. The summed E-state index contributed by atoms with van der Waals surface area (Å²) in [5.41, 5.74) is -6.32. The van der Waals surface area contributed by atoms with Gasteiger partial charge in [0.25, 0.3) is 5.69 Å². The lowest BCUT2D eigenvalue weighted by atomic mass is 9.80. The van der Waals surface area contributed by atoms with Crippen molar-refractivity contribution in [1.29, 1.82) is 0 Å². The molecule has 25 heavy (non-hydrogen) atoms. The summed E-state index contributed by atoms with van der Waals surface area (Å²) in [6.07, 6.45) is -6.10. The van der Waals surface area contributed by atoms with Crippen LogP contribution in [0.4, 0.5) is 27.6 Å². The second kappa shape index (κ2) is 6.34. The highest BCUT2D eigenvalue weighted by molar-refractivity contribution is 9.10. The molecule has 0 fully saturated rings. The molecule has 2 aromatic carbocycles. The van der Waals surface area contributed by atoms with Crippen molar-refractivity contribution in [2.75, 3.05) is 0 Å². The van der Waals surface area contributed by atoms with E-state index in [1.807, 2.05) is 0 Å². The minimum Gasteiger partial charge on any atom is -0.374 e. The molecule has 0 saturated heterocycles. The van der Waals surface area contributed by atoms with Gasteiger partial charge in [-0.05, 0) is 17.7 Å². The molecule has 1 unspecified atom stereocenters. The highest BCUT2D eigenvalue weighted by Gasteiger charge is 2.71. The third-order valence-corrected chi connectivity index (χ3v) is 4.02. The topological polar surface area (TPSA) is 63.4 Å². The minimum absolute atomic E-state index is 0.145. The van der Waals surface area contributed by atoms with Crippen LogP contribution in [0.3, 0.4) is 0 Å². The van der Waals surface area contributed by atoms with Gasteiger partial charge in [0.1, 0.15) is 0 Å². The number of non-ortho nitro benzene ring substituents is 1. The van der Waals surface area contributed by atoms with Gasteiger partial charge in [0, 0.05) is 22.2 Å². The fraction of sp³-hybridized carbons (Fsp3) is 0.200. The molecule has 10 heteroatoms. The Bertz CT molecular complexity index is 812. The maximum absolute atomic E-state index is 14.3. The zero-order chi connectivity index (χ0) is 19.0. The lowest BCUT2D eigenvalue weighted by Gasteiger charge is -2.37. The van der Waals surface area contributed by atoms with Crippen LogP contribution in [0.15, 0.2) is 53.0 Å². The first-order valence-electron chi connectivity index (χ1n) is 6.59. The van der Waals surface area contributed by atoms with Gasteiger partial charge in [-0.3, -0.25) is 10.1 Å². The normalized spacial score (nSPS) is 14.8.